The standard InChI is InChI=1S/C3H6O5/c4-1-2-7-3(5)8-6/h4,6H,1-2H2. The minimum atomic E-state index is -1.21. The van der Waals surface area contributed by atoms with E-state index >= 15 is 0 Å². The molecule has 0 bridgehead atoms. The van der Waals surface area contributed by atoms with Crippen LogP contribution in [-0.4, -0.2) is 29.7 Å². The Morgan fingerprint density at radius 3 is 2.62 bits per heavy atom. The minimum Gasteiger partial charge on any atom is -0.430 e. The van der Waals surface area contributed by atoms with Crippen LogP contribution in [0.4, 0.5) is 4.79 Å². The molecule has 48 valence electrons. The first-order valence-corrected chi connectivity index (χ1v) is 1.90. The van der Waals surface area contributed by atoms with Gasteiger partial charge in [-0.15, -0.1) is 0 Å². The Morgan fingerprint density at radius 2 is 2.25 bits per heavy atom. The molecular formula is C3H6O5. The van der Waals surface area contributed by atoms with Crippen LogP contribution in [0.1, 0.15) is 0 Å². The second kappa shape index (κ2) is 4.35. The molecule has 0 saturated heterocycles. The second-order valence-corrected chi connectivity index (χ2v) is 0.913. The topological polar surface area (TPSA) is 76.0 Å². The minimum absolute atomic E-state index is 0.167. The number of aliphatic hydroxyl groups excluding tert-OH is 1. The first-order valence-electron chi connectivity index (χ1n) is 1.90. The van der Waals surface area contributed by atoms with Crippen molar-refractivity contribution in [3.8, 4) is 0 Å². The highest BCUT2D eigenvalue weighted by molar-refractivity contribution is 5.58. The fraction of sp³-hybridized carbons (Fsp3) is 0.667. The van der Waals surface area contributed by atoms with Crippen LogP contribution >= 0.6 is 0 Å². The zero-order valence-corrected chi connectivity index (χ0v) is 4.03. The van der Waals surface area contributed by atoms with Crippen LogP contribution in [0.2, 0.25) is 0 Å². The Kier molecular flexibility index (Phi) is 3.91. The summed E-state index contributed by atoms with van der Waals surface area (Å²) in [7, 11) is 0. The predicted octanol–water partition coefficient (Wildman–Crippen LogP) is -0.395. The summed E-state index contributed by atoms with van der Waals surface area (Å²) in [5.74, 6) is 0. The molecular weight excluding hydrogens is 116 g/mol. The molecule has 0 radical (unpaired) electrons. The molecule has 0 aromatic rings. The van der Waals surface area contributed by atoms with Gasteiger partial charge in [0, 0.05) is 0 Å². The fourth-order valence-corrected chi connectivity index (χ4v) is 0.155. The smallest absolute Gasteiger partial charge is 0.430 e. The molecule has 5 nitrogen and oxygen atoms in total. The highest BCUT2D eigenvalue weighted by atomic mass is 17.1. The summed E-state index contributed by atoms with van der Waals surface area (Å²) >= 11 is 0. The molecule has 0 aliphatic carbocycles. The van der Waals surface area contributed by atoms with Crippen LogP contribution in [0.3, 0.4) is 0 Å². The molecule has 0 atom stereocenters. The van der Waals surface area contributed by atoms with E-state index in [1.165, 1.54) is 0 Å². The molecule has 0 aromatic heterocycles. The van der Waals surface area contributed by atoms with Crippen LogP contribution in [0.25, 0.3) is 0 Å². The summed E-state index contributed by atoms with van der Waals surface area (Å²) in [6, 6.07) is 0. The maximum Gasteiger partial charge on any atom is 0.540 e. The summed E-state index contributed by atoms with van der Waals surface area (Å²) in [6.07, 6.45) is -1.21. The first-order chi connectivity index (χ1) is 3.81. The predicted molar refractivity (Wildman–Crippen MR) is 22.1 cm³/mol. The lowest BCUT2D eigenvalue weighted by atomic mass is 10.8. The van der Waals surface area contributed by atoms with Crippen LogP contribution in [0, 0.1) is 0 Å². The third kappa shape index (κ3) is 3.38. The van der Waals surface area contributed by atoms with Gasteiger partial charge < -0.3 is 9.84 Å². The SMILES string of the molecule is O=C(OO)OCCO. The van der Waals surface area contributed by atoms with Gasteiger partial charge in [-0.2, -0.15) is 5.26 Å². The van der Waals surface area contributed by atoms with Crippen molar-refractivity contribution >= 4 is 6.16 Å². The Bertz CT molecular complexity index is 70.1. The van der Waals surface area contributed by atoms with Crippen molar-refractivity contribution in [2.75, 3.05) is 13.2 Å². The van der Waals surface area contributed by atoms with Crippen molar-refractivity contribution in [3.05, 3.63) is 0 Å². The van der Waals surface area contributed by atoms with Crippen molar-refractivity contribution in [1.29, 1.82) is 0 Å². The van der Waals surface area contributed by atoms with Gasteiger partial charge in [0.05, 0.1) is 6.61 Å². The highest BCUT2D eigenvalue weighted by Crippen LogP contribution is 1.78. The van der Waals surface area contributed by atoms with E-state index in [2.05, 4.69) is 9.62 Å². The van der Waals surface area contributed by atoms with Crippen molar-refractivity contribution in [2.45, 2.75) is 0 Å². The van der Waals surface area contributed by atoms with Crippen LogP contribution < -0.4 is 0 Å². The number of rotatable bonds is 2. The van der Waals surface area contributed by atoms with E-state index in [0.29, 0.717) is 0 Å². The Balaban J connectivity index is 2.99. The zero-order chi connectivity index (χ0) is 6.41. The van der Waals surface area contributed by atoms with Crippen molar-refractivity contribution in [3.63, 3.8) is 0 Å². The Labute approximate surface area is 45.4 Å². The highest BCUT2D eigenvalue weighted by Gasteiger charge is 1.98. The number of carbonyl (C=O) groups excluding carboxylic acids is 1. The van der Waals surface area contributed by atoms with Gasteiger partial charge in [0.25, 0.3) is 0 Å². The van der Waals surface area contributed by atoms with Crippen molar-refractivity contribution < 1.29 is 24.8 Å². The maximum atomic E-state index is 9.77. The van der Waals surface area contributed by atoms with Gasteiger partial charge in [0.1, 0.15) is 6.61 Å². The van der Waals surface area contributed by atoms with Crippen LogP contribution in [-0.2, 0) is 9.62 Å². The van der Waals surface area contributed by atoms with E-state index in [1.54, 1.807) is 0 Å². The second-order valence-electron chi connectivity index (χ2n) is 0.913. The largest absolute Gasteiger partial charge is 0.540 e. The maximum absolute atomic E-state index is 9.77. The number of ether oxygens (including phenoxy) is 1. The molecule has 0 aliphatic heterocycles. The lowest BCUT2D eigenvalue weighted by Crippen LogP contribution is -2.07. The molecule has 0 spiro atoms. The van der Waals surface area contributed by atoms with E-state index < -0.39 is 6.16 Å². The number of aliphatic hydroxyl groups is 1. The molecule has 0 saturated carbocycles. The van der Waals surface area contributed by atoms with E-state index in [-0.39, 0.29) is 13.2 Å². The summed E-state index contributed by atoms with van der Waals surface area (Å²) in [4.78, 5) is 12.8. The van der Waals surface area contributed by atoms with Gasteiger partial charge in [0.15, 0.2) is 0 Å². The molecule has 0 fully saturated rings. The monoisotopic (exact) mass is 122 g/mol. The van der Waals surface area contributed by atoms with Gasteiger partial charge in [-0.25, -0.2) is 4.79 Å². The average molecular weight is 122 g/mol. The van der Waals surface area contributed by atoms with Gasteiger partial charge in [-0.05, 0) is 0 Å². The zero-order valence-electron chi connectivity index (χ0n) is 4.03. The van der Waals surface area contributed by atoms with Crippen molar-refractivity contribution in [1.82, 2.24) is 0 Å². The third-order valence-corrected chi connectivity index (χ3v) is 0.386. The van der Waals surface area contributed by atoms with E-state index in [9.17, 15) is 4.79 Å². The van der Waals surface area contributed by atoms with Crippen LogP contribution in [0.5, 0.6) is 0 Å². The number of carbonyl (C=O) groups is 1. The number of hydrogen-bond donors (Lipinski definition) is 2. The summed E-state index contributed by atoms with van der Waals surface area (Å²) in [5, 5.41) is 15.5. The molecule has 0 aromatic carbocycles. The fourth-order valence-electron chi connectivity index (χ4n) is 0.155. The number of hydrogen-bond acceptors (Lipinski definition) is 5. The van der Waals surface area contributed by atoms with Crippen molar-refractivity contribution in [2.24, 2.45) is 0 Å². The van der Waals surface area contributed by atoms with E-state index in [4.69, 9.17) is 10.4 Å². The molecule has 0 amide bonds. The van der Waals surface area contributed by atoms with E-state index in [0.717, 1.165) is 0 Å². The van der Waals surface area contributed by atoms with E-state index in [1.807, 2.05) is 0 Å². The molecule has 0 unspecified atom stereocenters. The summed E-state index contributed by atoms with van der Waals surface area (Å²) in [5.41, 5.74) is 0. The third-order valence-electron chi connectivity index (χ3n) is 0.386. The molecule has 8 heavy (non-hydrogen) atoms. The Hall–Kier alpha value is -0.810. The lowest BCUT2D eigenvalue weighted by molar-refractivity contribution is -0.201. The van der Waals surface area contributed by atoms with Gasteiger partial charge in [0.2, 0.25) is 0 Å². The summed E-state index contributed by atoms with van der Waals surface area (Å²) in [6.45, 7) is -0.450. The summed E-state index contributed by atoms with van der Waals surface area (Å²) < 4.78 is 3.98. The Morgan fingerprint density at radius 1 is 1.62 bits per heavy atom. The quantitative estimate of drug-likeness (QED) is 0.296. The average Bonchev–Trinajstić information content (AvgIpc) is 1.83. The lowest BCUT2D eigenvalue weighted by Gasteiger charge is -1.94. The molecule has 0 heterocycles. The van der Waals surface area contributed by atoms with Crippen LogP contribution in [0.15, 0.2) is 0 Å². The molecule has 0 rings (SSSR count). The van der Waals surface area contributed by atoms with Gasteiger partial charge in [-0.1, -0.05) is 0 Å². The first kappa shape index (κ1) is 7.19. The molecule has 0 aliphatic rings. The van der Waals surface area contributed by atoms with Gasteiger partial charge >= 0.3 is 6.16 Å². The van der Waals surface area contributed by atoms with Gasteiger partial charge in [-0.3, -0.25) is 4.89 Å². The molecule has 5 heteroatoms. The normalized spacial score (nSPS) is 8.25. The molecule has 2 N–H and O–H groups in total.